The van der Waals surface area contributed by atoms with Gasteiger partial charge in [-0.25, -0.2) is 4.39 Å². The van der Waals surface area contributed by atoms with Gasteiger partial charge in [0.1, 0.15) is 18.2 Å². The summed E-state index contributed by atoms with van der Waals surface area (Å²) < 4.78 is 19.5. The van der Waals surface area contributed by atoms with E-state index in [1.807, 2.05) is 30.6 Å². The molecule has 2 atom stereocenters. The van der Waals surface area contributed by atoms with E-state index in [1.165, 1.54) is 43.1 Å². The number of nitrogens with one attached hydrogen (secondary N) is 1. The Bertz CT molecular complexity index is 990. The van der Waals surface area contributed by atoms with Gasteiger partial charge in [-0.1, -0.05) is 18.2 Å². The highest BCUT2D eigenvalue weighted by Gasteiger charge is 2.36. The molecule has 170 valence electrons. The second-order valence-corrected chi connectivity index (χ2v) is 9.02. The summed E-state index contributed by atoms with van der Waals surface area (Å²) in [5, 5.41) is 0. The lowest BCUT2D eigenvalue weighted by Gasteiger charge is -2.45. The molecule has 1 aromatic heterocycles. The zero-order valence-electron chi connectivity index (χ0n) is 18.3. The van der Waals surface area contributed by atoms with Gasteiger partial charge in [-0.3, -0.25) is 4.90 Å². The third kappa shape index (κ3) is 5.74. The quantitative estimate of drug-likeness (QED) is 0.470. The zero-order chi connectivity index (χ0) is 22.3. The molecule has 1 fully saturated rings. The van der Waals surface area contributed by atoms with Crippen LogP contribution in [0.15, 0.2) is 65.8 Å². The van der Waals surface area contributed by atoms with E-state index in [0.29, 0.717) is 25.1 Å². The standard InChI is InChI=1S/C22H27FN2O.C4H5NS/c23-18-4-1-3-16(13-18)14-21-20-15-19(26-12-9-24)7-5-17(20)6-8-22(21)25-10-2-11-25;6-4-1-2-5-3-4/h1,3-5,7,13,15,21-22H,2,6,8-12,14,24H2;1-3,5-6H. The van der Waals surface area contributed by atoms with Crippen molar-refractivity contribution >= 4 is 12.6 Å². The molecule has 5 rings (SSSR count). The number of nitrogens with two attached hydrogens (primary N) is 1. The van der Waals surface area contributed by atoms with Crippen LogP contribution in [0.4, 0.5) is 4.39 Å². The molecule has 3 N–H and O–H groups in total. The van der Waals surface area contributed by atoms with E-state index in [2.05, 4.69) is 40.7 Å². The van der Waals surface area contributed by atoms with Gasteiger partial charge in [0.25, 0.3) is 0 Å². The van der Waals surface area contributed by atoms with Gasteiger partial charge in [-0.05, 0) is 85.8 Å². The van der Waals surface area contributed by atoms with Crippen LogP contribution in [0.1, 0.15) is 35.4 Å². The molecule has 6 heteroatoms. The number of hydrogen-bond acceptors (Lipinski definition) is 4. The molecular formula is C26H32FN3OS. The third-order valence-electron chi connectivity index (χ3n) is 6.36. The summed E-state index contributed by atoms with van der Waals surface area (Å²) in [4.78, 5) is 6.43. The van der Waals surface area contributed by atoms with Gasteiger partial charge < -0.3 is 15.5 Å². The molecule has 2 heterocycles. The number of aromatic amines is 1. The SMILES string of the molecule is NCCOc1ccc2c(c1)C(Cc1cccc(F)c1)C(N1CCC1)CC2.Sc1cc[nH]c1. The maximum Gasteiger partial charge on any atom is 0.123 e. The first-order valence-electron chi connectivity index (χ1n) is 11.4. The third-order valence-corrected chi connectivity index (χ3v) is 6.64. The molecule has 0 radical (unpaired) electrons. The van der Waals surface area contributed by atoms with Crippen molar-refractivity contribution in [3.63, 3.8) is 0 Å². The van der Waals surface area contributed by atoms with Gasteiger partial charge in [-0.15, -0.1) is 12.6 Å². The van der Waals surface area contributed by atoms with Gasteiger partial charge in [-0.2, -0.15) is 0 Å². The average molecular weight is 454 g/mol. The van der Waals surface area contributed by atoms with Crippen LogP contribution >= 0.6 is 12.6 Å². The second kappa shape index (κ2) is 11.0. The predicted molar refractivity (Wildman–Crippen MR) is 130 cm³/mol. The number of ether oxygens (including phenoxy) is 1. The van der Waals surface area contributed by atoms with Crippen molar-refractivity contribution in [2.45, 2.75) is 42.5 Å². The number of thiol groups is 1. The van der Waals surface area contributed by atoms with E-state index >= 15 is 0 Å². The Labute approximate surface area is 195 Å². The fourth-order valence-electron chi connectivity index (χ4n) is 4.71. The number of hydrogen-bond donors (Lipinski definition) is 3. The van der Waals surface area contributed by atoms with Crippen LogP contribution < -0.4 is 10.5 Å². The number of likely N-dealkylation sites (tertiary alicyclic amines) is 1. The minimum absolute atomic E-state index is 0.154. The monoisotopic (exact) mass is 453 g/mol. The molecule has 32 heavy (non-hydrogen) atoms. The predicted octanol–water partition coefficient (Wildman–Crippen LogP) is 4.81. The molecule has 0 bridgehead atoms. The molecule has 0 spiro atoms. The molecule has 0 saturated carbocycles. The van der Waals surface area contributed by atoms with E-state index in [4.69, 9.17) is 10.5 Å². The Balaban J connectivity index is 0.000000354. The Morgan fingerprint density at radius 1 is 1.16 bits per heavy atom. The van der Waals surface area contributed by atoms with Crippen LogP contribution in [0.2, 0.25) is 0 Å². The van der Waals surface area contributed by atoms with Crippen molar-refractivity contribution < 1.29 is 9.13 Å². The maximum atomic E-state index is 13.7. The largest absolute Gasteiger partial charge is 0.492 e. The molecule has 4 nitrogen and oxygen atoms in total. The van der Waals surface area contributed by atoms with Gasteiger partial charge in [0.15, 0.2) is 0 Å². The summed E-state index contributed by atoms with van der Waals surface area (Å²) in [6.07, 6.45) is 8.09. The van der Waals surface area contributed by atoms with E-state index in [0.717, 1.165) is 29.1 Å². The first-order valence-corrected chi connectivity index (χ1v) is 11.8. The molecule has 1 aliphatic heterocycles. The highest BCUT2D eigenvalue weighted by atomic mass is 32.1. The van der Waals surface area contributed by atoms with Crippen molar-refractivity contribution in [1.29, 1.82) is 0 Å². The van der Waals surface area contributed by atoms with Gasteiger partial charge >= 0.3 is 0 Å². The second-order valence-electron chi connectivity index (χ2n) is 8.50. The molecule has 2 aromatic carbocycles. The Morgan fingerprint density at radius 2 is 2.03 bits per heavy atom. The highest BCUT2D eigenvalue weighted by molar-refractivity contribution is 7.80. The lowest BCUT2D eigenvalue weighted by Crippen LogP contribution is -2.49. The topological polar surface area (TPSA) is 54.3 Å². The summed E-state index contributed by atoms with van der Waals surface area (Å²) in [7, 11) is 0. The van der Waals surface area contributed by atoms with E-state index < -0.39 is 0 Å². The summed E-state index contributed by atoms with van der Waals surface area (Å²) in [6, 6.07) is 15.9. The van der Waals surface area contributed by atoms with Crippen molar-refractivity contribution in [2.24, 2.45) is 5.73 Å². The number of aromatic nitrogens is 1. The minimum atomic E-state index is -0.154. The summed E-state index contributed by atoms with van der Waals surface area (Å²) in [6.45, 7) is 3.41. The lowest BCUT2D eigenvalue weighted by molar-refractivity contribution is 0.0876. The Kier molecular flexibility index (Phi) is 7.90. The molecule has 3 aromatic rings. The fourth-order valence-corrected chi connectivity index (χ4v) is 4.86. The average Bonchev–Trinajstić information content (AvgIpc) is 3.24. The summed E-state index contributed by atoms with van der Waals surface area (Å²) >= 11 is 4.00. The number of nitrogens with zero attached hydrogens (tertiary/aromatic N) is 1. The zero-order valence-corrected chi connectivity index (χ0v) is 19.2. The van der Waals surface area contributed by atoms with Crippen LogP contribution in [0.3, 0.4) is 0 Å². The molecule has 2 unspecified atom stereocenters. The number of rotatable bonds is 6. The summed E-state index contributed by atoms with van der Waals surface area (Å²) in [5.74, 6) is 1.11. The molecule has 0 amide bonds. The number of fused-ring (bicyclic) bond motifs is 1. The highest BCUT2D eigenvalue weighted by Crippen LogP contribution is 2.40. The minimum Gasteiger partial charge on any atom is -0.492 e. The number of aryl methyl sites for hydroxylation is 1. The number of benzene rings is 2. The van der Waals surface area contributed by atoms with Crippen molar-refractivity contribution in [1.82, 2.24) is 9.88 Å². The Morgan fingerprint density at radius 3 is 2.66 bits per heavy atom. The van der Waals surface area contributed by atoms with E-state index in [1.54, 1.807) is 6.07 Å². The normalized spacial score (nSPS) is 20.0. The van der Waals surface area contributed by atoms with Crippen LogP contribution in [-0.2, 0) is 12.8 Å². The maximum absolute atomic E-state index is 13.7. The van der Waals surface area contributed by atoms with Crippen molar-refractivity contribution in [3.05, 3.63) is 83.4 Å². The number of H-pyrrole nitrogens is 1. The van der Waals surface area contributed by atoms with Gasteiger partial charge in [0.05, 0.1) is 0 Å². The fraction of sp³-hybridized carbons (Fsp3) is 0.385. The van der Waals surface area contributed by atoms with Gasteiger partial charge in [0.2, 0.25) is 0 Å². The first-order chi connectivity index (χ1) is 15.6. The van der Waals surface area contributed by atoms with Crippen LogP contribution in [0.5, 0.6) is 5.75 Å². The van der Waals surface area contributed by atoms with E-state index in [-0.39, 0.29) is 5.82 Å². The first kappa shape index (κ1) is 22.9. The molecule has 1 saturated heterocycles. The van der Waals surface area contributed by atoms with Crippen LogP contribution in [0, 0.1) is 5.82 Å². The van der Waals surface area contributed by atoms with E-state index in [9.17, 15) is 4.39 Å². The van der Waals surface area contributed by atoms with Gasteiger partial charge in [0, 0.05) is 35.8 Å². The smallest absolute Gasteiger partial charge is 0.123 e. The Hall–Kier alpha value is -2.28. The number of halogens is 1. The molecule has 2 aliphatic rings. The van der Waals surface area contributed by atoms with Crippen LogP contribution in [0.25, 0.3) is 0 Å². The molecular weight excluding hydrogens is 421 g/mol. The van der Waals surface area contributed by atoms with Crippen LogP contribution in [-0.4, -0.2) is 42.2 Å². The van der Waals surface area contributed by atoms with Crippen molar-refractivity contribution in [3.8, 4) is 5.75 Å². The van der Waals surface area contributed by atoms with Crippen molar-refractivity contribution in [2.75, 3.05) is 26.2 Å². The molecule has 1 aliphatic carbocycles. The lowest BCUT2D eigenvalue weighted by atomic mass is 9.75. The summed E-state index contributed by atoms with van der Waals surface area (Å²) in [5.41, 5.74) is 9.42.